The highest BCUT2D eigenvalue weighted by atomic mass is 35.5. The lowest BCUT2D eigenvalue weighted by Crippen LogP contribution is -2.35. The number of nitriles is 1. The fraction of sp³-hybridized carbons (Fsp3) is 0.368. The Hall–Kier alpha value is -1.50. The molecule has 3 rings (SSSR count). The molecule has 0 radical (unpaired) electrons. The molecule has 1 aliphatic carbocycles. The number of benzene rings is 1. The second-order valence-electron chi connectivity index (χ2n) is 6.85. The number of nitrogens with zero attached hydrogens (tertiary/aromatic N) is 1. The lowest BCUT2D eigenvalue weighted by Gasteiger charge is -2.38. The molecule has 1 aliphatic heterocycles. The summed E-state index contributed by atoms with van der Waals surface area (Å²) in [6, 6.07) is 10.1. The van der Waals surface area contributed by atoms with E-state index in [9.17, 15) is 5.26 Å². The zero-order valence-corrected chi connectivity index (χ0v) is 14.8. The van der Waals surface area contributed by atoms with E-state index in [4.69, 9.17) is 17.0 Å². The van der Waals surface area contributed by atoms with Crippen molar-refractivity contribution in [2.45, 2.75) is 25.5 Å². The summed E-state index contributed by atoms with van der Waals surface area (Å²) in [6.07, 6.45) is 7.30. The van der Waals surface area contributed by atoms with E-state index in [1.54, 1.807) is 11.8 Å². The summed E-state index contributed by atoms with van der Waals surface area (Å²) in [7, 11) is 0. The molecule has 0 saturated carbocycles. The number of thioether (sulfide) groups is 1. The molecule has 0 bridgehead atoms. The van der Waals surface area contributed by atoms with Crippen LogP contribution in [0.15, 0.2) is 42.0 Å². The fourth-order valence-electron chi connectivity index (χ4n) is 3.50. The minimum Gasteiger partial charge on any atom is -0.297 e. The van der Waals surface area contributed by atoms with Gasteiger partial charge < -0.3 is 0 Å². The van der Waals surface area contributed by atoms with Gasteiger partial charge in [0.1, 0.15) is 5.92 Å². The maximum absolute atomic E-state index is 9.41. The van der Waals surface area contributed by atoms with Gasteiger partial charge in [-0.2, -0.15) is 5.26 Å². The second-order valence-corrected chi connectivity index (χ2v) is 8.44. The van der Waals surface area contributed by atoms with E-state index in [0.29, 0.717) is 10.3 Å². The van der Waals surface area contributed by atoms with Crippen molar-refractivity contribution in [3.63, 3.8) is 0 Å². The van der Waals surface area contributed by atoms with Crippen LogP contribution in [-0.2, 0) is 0 Å². The van der Waals surface area contributed by atoms with E-state index in [1.807, 2.05) is 30.3 Å². The molecule has 1 aromatic rings. The smallest absolute Gasteiger partial charge is 0.101 e. The lowest BCUT2D eigenvalue weighted by molar-refractivity contribution is 0.284. The molecular weight excluding hydrogens is 324 g/mol. The first kappa shape index (κ1) is 16.4. The standard InChI is InChI=1S/C19H19ClN2S/c1-19(2)10-12(7-8-13-5-3-4-6-16(13)20)9-14-15(11-21)18(22)23-17(14)19/h3-9,14-15,17,22H,10H2,1-2H3/b8-7+,22-18?/t14-,15?,17+/m1/s1. The van der Waals surface area contributed by atoms with Crippen molar-refractivity contribution < 1.29 is 0 Å². The van der Waals surface area contributed by atoms with Crippen molar-refractivity contribution in [3.05, 3.63) is 52.6 Å². The van der Waals surface area contributed by atoms with Crippen LogP contribution in [0.4, 0.5) is 0 Å². The Kier molecular flexibility index (Phi) is 4.40. The highest BCUT2D eigenvalue weighted by Crippen LogP contribution is 2.53. The molecular formula is C19H19ClN2S. The molecule has 1 N–H and O–H groups in total. The zero-order chi connectivity index (χ0) is 16.6. The Morgan fingerprint density at radius 3 is 2.78 bits per heavy atom. The number of nitrogens with one attached hydrogen (secondary N) is 1. The van der Waals surface area contributed by atoms with E-state index in [-0.39, 0.29) is 17.3 Å². The number of hydrogen-bond acceptors (Lipinski definition) is 3. The number of fused-ring (bicyclic) bond motifs is 1. The van der Waals surface area contributed by atoms with Crippen LogP contribution in [0.3, 0.4) is 0 Å². The molecule has 0 aromatic heterocycles. The Bertz CT molecular complexity index is 742. The van der Waals surface area contributed by atoms with Crippen molar-refractivity contribution in [2.75, 3.05) is 0 Å². The van der Waals surface area contributed by atoms with Gasteiger partial charge in [0.25, 0.3) is 0 Å². The van der Waals surface area contributed by atoms with Crippen LogP contribution in [0.25, 0.3) is 6.08 Å². The predicted octanol–water partition coefficient (Wildman–Crippen LogP) is 5.56. The molecule has 23 heavy (non-hydrogen) atoms. The van der Waals surface area contributed by atoms with Gasteiger partial charge in [-0.05, 0) is 23.5 Å². The van der Waals surface area contributed by atoms with E-state index in [0.717, 1.165) is 17.0 Å². The van der Waals surface area contributed by atoms with Crippen LogP contribution in [0, 0.1) is 34.0 Å². The third kappa shape index (κ3) is 3.11. The van der Waals surface area contributed by atoms with E-state index < -0.39 is 0 Å². The number of hydrogen-bond donors (Lipinski definition) is 1. The quantitative estimate of drug-likeness (QED) is 0.765. The fourth-order valence-corrected chi connectivity index (χ4v) is 5.13. The SMILES string of the molecule is CC1(C)CC(/C=C/c2ccccc2Cl)=C[C@@H]2C(C#N)C(=N)S[C@@H]21. The summed E-state index contributed by atoms with van der Waals surface area (Å²) in [5.74, 6) is -0.166. The Balaban J connectivity index is 1.92. The molecule has 1 aromatic carbocycles. The Labute approximate surface area is 146 Å². The minimum atomic E-state index is -0.298. The molecule has 2 nitrogen and oxygen atoms in total. The summed E-state index contributed by atoms with van der Waals surface area (Å²) < 4.78 is 0. The first-order valence-corrected chi connectivity index (χ1v) is 8.96. The normalized spacial score (nSPS) is 29.2. The molecule has 1 fully saturated rings. The molecule has 1 saturated heterocycles. The van der Waals surface area contributed by atoms with Crippen LogP contribution in [0.5, 0.6) is 0 Å². The van der Waals surface area contributed by atoms with Crippen LogP contribution in [0.2, 0.25) is 5.02 Å². The topological polar surface area (TPSA) is 47.6 Å². The first-order chi connectivity index (χ1) is 10.9. The summed E-state index contributed by atoms with van der Waals surface area (Å²) in [6.45, 7) is 4.47. The molecule has 2 aliphatic rings. The van der Waals surface area contributed by atoms with Gasteiger partial charge in [0.2, 0.25) is 0 Å². The Morgan fingerprint density at radius 1 is 1.35 bits per heavy atom. The van der Waals surface area contributed by atoms with Crippen molar-refractivity contribution >= 4 is 34.5 Å². The van der Waals surface area contributed by atoms with Gasteiger partial charge in [-0.1, -0.05) is 67.4 Å². The maximum atomic E-state index is 9.41. The average molecular weight is 343 g/mol. The Morgan fingerprint density at radius 2 is 2.09 bits per heavy atom. The van der Waals surface area contributed by atoms with Crippen molar-refractivity contribution in [1.29, 1.82) is 10.7 Å². The molecule has 0 amide bonds. The van der Waals surface area contributed by atoms with Gasteiger partial charge in [0.15, 0.2) is 0 Å². The monoisotopic (exact) mass is 342 g/mol. The molecule has 1 heterocycles. The van der Waals surface area contributed by atoms with E-state index in [1.165, 1.54) is 5.57 Å². The predicted molar refractivity (Wildman–Crippen MR) is 98.7 cm³/mol. The van der Waals surface area contributed by atoms with Gasteiger partial charge in [-0.15, -0.1) is 11.8 Å². The number of halogens is 1. The van der Waals surface area contributed by atoms with Crippen LogP contribution >= 0.6 is 23.4 Å². The number of allylic oxidation sites excluding steroid dienone is 3. The number of rotatable bonds is 2. The molecule has 0 spiro atoms. The van der Waals surface area contributed by atoms with Crippen molar-refractivity contribution in [2.24, 2.45) is 17.3 Å². The van der Waals surface area contributed by atoms with Gasteiger partial charge >= 0.3 is 0 Å². The largest absolute Gasteiger partial charge is 0.297 e. The molecule has 1 unspecified atom stereocenters. The van der Waals surface area contributed by atoms with Crippen molar-refractivity contribution in [3.8, 4) is 6.07 Å². The summed E-state index contributed by atoms with van der Waals surface area (Å²) in [4.78, 5) is 0. The van der Waals surface area contributed by atoms with Gasteiger partial charge in [0.05, 0.1) is 11.1 Å². The van der Waals surface area contributed by atoms with E-state index >= 15 is 0 Å². The van der Waals surface area contributed by atoms with Gasteiger partial charge in [-0.3, -0.25) is 5.41 Å². The van der Waals surface area contributed by atoms with E-state index in [2.05, 4.69) is 32.1 Å². The second kappa shape index (κ2) is 6.19. The maximum Gasteiger partial charge on any atom is 0.101 e. The van der Waals surface area contributed by atoms with Crippen LogP contribution in [-0.4, -0.2) is 10.3 Å². The average Bonchev–Trinajstić information content (AvgIpc) is 2.82. The molecule has 3 atom stereocenters. The summed E-state index contributed by atoms with van der Waals surface area (Å²) >= 11 is 7.79. The minimum absolute atomic E-state index is 0.0716. The third-order valence-corrected chi connectivity index (χ3v) is 6.69. The highest BCUT2D eigenvalue weighted by Gasteiger charge is 2.49. The highest BCUT2D eigenvalue weighted by molar-refractivity contribution is 8.14. The lowest BCUT2D eigenvalue weighted by atomic mass is 9.69. The van der Waals surface area contributed by atoms with Crippen LogP contribution < -0.4 is 0 Å². The molecule has 4 heteroatoms. The summed E-state index contributed by atoms with van der Waals surface area (Å²) in [5.41, 5.74) is 2.30. The zero-order valence-electron chi connectivity index (χ0n) is 13.2. The van der Waals surface area contributed by atoms with Crippen molar-refractivity contribution in [1.82, 2.24) is 0 Å². The van der Waals surface area contributed by atoms with Gasteiger partial charge in [0, 0.05) is 16.2 Å². The summed E-state index contributed by atoms with van der Waals surface area (Å²) in [5, 5.41) is 19.1. The third-order valence-electron chi connectivity index (χ3n) is 4.63. The first-order valence-electron chi connectivity index (χ1n) is 7.70. The van der Waals surface area contributed by atoms with Gasteiger partial charge in [-0.25, -0.2) is 0 Å². The molecule has 118 valence electrons. The van der Waals surface area contributed by atoms with Crippen LogP contribution in [0.1, 0.15) is 25.8 Å².